The summed E-state index contributed by atoms with van der Waals surface area (Å²) in [6.45, 7) is 2.53. The molecule has 0 saturated heterocycles. The largest absolute Gasteiger partial charge is 0.352 e. The van der Waals surface area contributed by atoms with Crippen LogP contribution in [-0.2, 0) is 17.8 Å². The Bertz CT molecular complexity index is 1110. The van der Waals surface area contributed by atoms with Crippen molar-refractivity contribution in [2.45, 2.75) is 19.9 Å². The van der Waals surface area contributed by atoms with Gasteiger partial charge in [0.1, 0.15) is 10.6 Å². The summed E-state index contributed by atoms with van der Waals surface area (Å²) in [5.74, 6) is 0.170. The molecular weight excluding hydrogens is 394 g/mol. The summed E-state index contributed by atoms with van der Waals surface area (Å²) in [6.07, 6.45) is 1.85. The van der Waals surface area contributed by atoms with Crippen molar-refractivity contribution in [1.29, 1.82) is 0 Å². The minimum absolute atomic E-state index is 0.0539. The fraction of sp³-hybridized carbons (Fsp3) is 0.158. The third-order valence-electron chi connectivity index (χ3n) is 4.11. The number of H-pyrrole nitrogens is 1. The smallest absolute Gasteiger partial charge is 0.285 e. The molecule has 0 aliphatic heterocycles. The van der Waals surface area contributed by atoms with Crippen LogP contribution in [0.5, 0.6) is 0 Å². The molecule has 0 aliphatic rings. The van der Waals surface area contributed by atoms with Crippen LogP contribution >= 0.6 is 22.7 Å². The number of amides is 2. The van der Waals surface area contributed by atoms with Crippen LogP contribution < -0.4 is 10.6 Å². The van der Waals surface area contributed by atoms with Crippen LogP contribution in [0.25, 0.3) is 10.2 Å². The van der Waals surface area contributed by atoms with E-state index < -0.39 is 0 Å². The lowest BCUT2D eigenvalue weighted by molar-refractivity contribution is -0.120. The number of thiazole rings is 1. The lowest BCUT2D eigenvalue weighted by atomic mass is 10.1. The molecule has 0 bridgehead atoms. The first-order valence-corrected chi connectivity index (χ1v) is 10.3. The third-order valence-corrected chi connectivity index (χ3v) is 5.91. The van der Waals surface area contributed by atoms with Gasteiger partial charge in [0.15, 0.2) is 5.01 Å². The summed E-state index contributed by atoms with van der Waals surface area (Å²) in [7, 11) is 0. The second kappa shape index (κ2) is 7.91. The Kier molecular flexibility index (Phi) is 5.18. The Balaban J connectivity index is 1.39. The second-order valence-corrected chi connectivity index (χ2v) is 8.27. The number of hydrogen-bond acceptors (Lipinski definition) is 6. The number of nitrogens with one attached hydrogen (secondary N) is 3. The standard InChI is InChI=1S/C19H17N5O2S2/c1-11-2-4-12(5-3-11)10-21-15(25)9-13-8-14-16(23-24-18(14)28-13)22-17(26)19-20-6-7-27-19/h2-8H,9-10H2,1H3,(H,21,25)(H2,22,23,24,26). The molecule has 4 rings (SSSR count). The number of rotatable bonds is 6. The number of fused-ring (bicyclic) bond motifs is 1. The average Bonchev–Trinajstić information content (AvgIpc) is 3.40. The van der Waals surface area contributed by atoms with E-state index in [1.165, 1.54) is 28.2 Å². The van der Waals surface area contributed by atoms with Gasteiger partial charge in [-0.2, -0.15) is 5.10 Å². The predicted octanol–water partition coefficient (Wildman–Crippen LogP) is 3.50. The van der Waals surface area contributed by atoms with Crippen LogP contribution in [0.4, 0.5) is 5.82 Å². The number of carbonyl (C=O) groups excluding carboxylic acids is 2. The monoisotopic (exact) mass is 411 g/mol. The van der Waals surface area contributed by atoms with Gasteiger partial charge in [-0.25, -0.2) is 4.98 Å². The van der Waals surface area contributed by atoms with Crippen LogP contribution in [-0.4, -0.2) is 27.0 Å². The molecule has 0 aliphatic carbocycles. The molecule has 7 nitrogen and oxygen atoms in total. The van der Waals surface area contributed by atoms with E-state index in [1.807, 2.05) is 37.3 Å². The van der Waals surface area contributed by atoms with Gasteiger partial charge in [-0.3, -0.25) is 14.7 Å². The van der Waals surface area contributed by atoms with Crippen LogP contribution in [0, 0.1) is 6.92 Å². The molecule has 3 N–H and O–H groups in total. The molecule has 0 unspecified atom stereocenters. The van der Waals surface area contributed by atoms with Crippen molar-refractivity contribution < 1.29 is 9.59 Å². The second-order valence-electron chi connectivity index (χ2n) is 6.26. The summed E-state index contributed by atoms with van der Waals surface area (Å²) < 4.78 is 0. The van der Waals surface area contributed by atoms with Gasteiger partial charge in [0.25, 0.3) is 5.91 Å². The molecule has 28 heavy (non-hydrogen) atoms. The van der Waals surface area contributed by atoms with Gasteiger partial charge < -0.3 is 10.6 Å². The minimum atomic E-state index is -0.288. The fourth-order valence-corrected chi connectivity index (χ4v) is 4.19. The molecule has 0 atom stereocenters. The van der Waals surface area contributed by atoms with Gasteiger partial charge in [0.2, 0.25) is 5.91 Å². The van der Waals surface area contributed by atoms with Gasteiger partial charge in [0, 0.05) is 23.0 Å². The summed E-state index contributed by atoms with van der Waals surface area (Å²) in [5.41, 5.74) is 2.25. The topological polar surface area (TPSA) is 99.8 Å². The molecule has 2 amide bonds. The van der Waals surface area contributed by atoms with Gasteiger partial charge in [-0.05, 0) is 18.6 Å². The molecule has 1 aromatic carbocycles. The first-order valence-electron chi connectivity index (χ1n) is 8.58. The van der Waals surface area contributed by atoms with Crippen LogP contribution in [0.1, 0.15) is 25.8 Å². The highest BCUT2D eigenvalue weighted by molar-refractivity contribution is 7.18. The molecule has 9 heteroatoms. The number of benzene rings is 1. The van der Waals surface area contributed by atoms with Crippen molar-refractivity contribution in [2.75, 3.05) is 5.32 Å². The Morgan fingerprint density at radius 2 is 2.04 bits per heavy atom. The molecular formula is C19H17N5O2S2. The predicted molar refractivity (Wildman–Crippen MR) is 111 cm³/mol. The third kappa shape index (κ3) is 4.10. The molecule has 142 valence electrons. The van der Waals surface area contributed by atoms with Gasteiger partial charge >= 0.3 is 0 Å². The fourth-order valence-electron chi connectivity index (χ4n) is 2.67. The lowest BCUT2D eigenvalue weighted by Gasteiger charge is -2.05. The van der Waals surface area contributed by atoms with Crippen LogP contribution in [0.15, 0.2) is 41.9 Å². The Hall–Kier alpha value is -3.04. The molecule has 3 heterocycles. The van der Waals surface area contributed by atoms with Gasteiger partial charge in [0.05, 0.1) is 11.8 Å². The number of nitrogens with zero attached hydrogens (tertiary/aromatic N) is 2. The van der Waals surface area contributed by atoms with E-state index in [4.69, 9.17) is 0 Å². The Labute approximate surface area is 168 Å². The van der Waals surface area contributed by atoms with Crippen LogP contribution in [0.3, 0.4) is 0 Å². The summed E-state index contributed by atoms with van der Waals surface area (Å²) >= 11 is 2.70. The van der Waals surface area contributed by atoms with E-state index in [1.54, 1.807) is 11.6 Å². The number of hydrogen-bond donors (Lipinski definition) is 3. The maximum Gasteiger partial charge on any atom is 0.285 e. The number of anilines is 1. The van der Waals surface area contributed by atoms with Gasteiger partial charge in [-0.15, -0.1) is 22.7 Å². The molecule has 3 aromatic heterocycles. The number of aryl methyl sites for hydroxylation is 1. The molecule has 0 fully saturated rings. The lowest BCUT2D eigenvalue weighted by Crippen LogP contribution is -2.24. The quantitative estimate of drug-likeness (QED) is 0.452. The summed E-state index contributed by atoms with van der Waals surface area (Å²) in [6, 6.07) is 9.94. The SMILES string of the molecule is Cc1ccc(CNC(=O)Cc2cc3c(NC(=O)c4nccs4)[nH]nc3s2)cc1. The van der Waals surface area contributed by atoms with Crippen LogP contribution in [0.2, 0.25) is 0 Å². The zero-order valence-corrected chi connectivity index (χ0v) is 16.6. The van der Waals surface area contributed by atoms with Crippen molar-refractivity contribution in [3.05, 3.63) is 62.9 Å². The highest BCUT2D eigenvalue weighted by atomic mass is 32.1. The zero-order chi connectivity index (χ0) is 19.5. The maximum absolute atomic E-state index is 12.3. The van der Waals surface area contributed by atoms with Gasteiger partial charge in [-0.1, -0.05) is 29.8 Å². The minimum Gasteiger partial charge on any atom is -0.352 e. The highest BCUT2D eigenvalue weighted by Gasteiger charge is 2.16. The van der Waals surface area contributed by atoms with Crippen molar-refractivity contribution in [3.63, 3.8) is 0 Å². The summed E-state index contributed by atoms with van der Waals surface area (Å²) in [4.78, 5) is 30.1. The number of aromatic nitrogens is 3. The Morgan fingerprint density at radius 3 is 2.79 bits per heavy atom. The molecule has 0 radical (unpaired) electrons. The van der Waals surface area contributed by atoms with E-state index in [9.17, 15) is 9.59 Å². The normalized spacial score (nSPS) is 10.9. The highest BCUT2D eigenvalue weighted by Crippen LogP contribution is 2.29. The van der Waals surface area contributed by atoms with Crippen molar-refractivity contribution in [3.8, 4) is 0 Å². The van der Waals surface area contributed by atoms with Crippen molar-refractivity contribution in [2.24, 2.45) is 0 Å². The number of aromatic amines is 1. The first kappa shape index (κ1) is 18.3. The molecule has 0 spiro atoms. The van der Waals surface area contributed by atoms with E-state index >= 15 is 0 Å². The Morgan fingerprint density at radius 1 is 1.21 bits per heavy atom. The van der Waals surface area contributed by atoms with E-state index in [2.05, 4.69) is 25.8 Å². The van der Waals surface area contributed by atoms with E-state index in [0.29, 0.717) is 17.4 Å². The van der Waals surface area contributed by atoms with E-state index in [-0.39, 0.29) is 18.2 Å². The molecule has 4 aromatic rings. The van der Waals surface area contributed by atoms with Crippen molar-refractivity contribution in [1.82, 2.24) is 20.5 Å². The average molecular weight is 412 g/mol. The number of carbonyl (C=O) groups is 2. The summed E-state index contributed by atoms with van der Waals surface area (Å²) in [5, 5.41) is 15.7. The van der Waals surface area contributed by atoms with Crippen molar-refractivity contribution >= 4 is 50.5 Å². The maximum atomic E-state index is 12.3. The first-order chi connectivity index (χ1) is 13.6. The number of thiophene rings is 1. The van der Waals surface area contributed by atoms with E-state index in [0.717, 1.165) is 20.7 Å². The zero-order valence-electron chi connectivity index (χ0n) is 15.0. The molecule has 0 saturated carbocycles.